The monoisotopic (exact) mass is 670 g/mol. The molecule has 4 unspecified atom stereocenters. The van der Waals surface area contributed by atoms with Gasteiger partial charge in [0.2, 0.25) is 23.5 Å². The maximum Gasteiger partial charge on any atom is 0.289 e. The fourth-order valence-electron chi connectivity index (χ4n) is 5.98. The van der Waals surface area contributed by atoms with Crippen molar-refractivity contribution in [2.75, 3.05) is 21.3 Å². The molecule has 0 aromatic heterocycles. The van der Waals surface area contributed by atoms with Gasteiger partial charge in [0.15, 0.2) is 0 Å². The van der Waals surface area contributed by atoms with Gasteiger partial charge in [-0.1, -0.05) is 45.8 Å². The van der Waals surface area contributed by atoms with E-state index >= 15 is 0 Å². The molecule has 2 rings (SSSR count). The maximum atomic E-state index is 14.1. The Kier molecular flexibility index (Phi) is 17.2. The molecule has 0 fully saturated rings. The van der Waals surface area contributed by atoms with Crippen molar-refractivity contribution >= 4 is 29.4 Å². The second-order valence-corrected chi connectivity index (χ2v) is 13.5. The quantitative estimate of drug-likeness (QED) is 0.216. The highest BCUT2D eigenvalue weighted by molar-refractivity contribution is 6.38. The van der Waals surface area contributed by atoms with Gasteiger partial charge in [0, 0.05) is 43.1 Å². The molecule has 0 aliphatic carbocycles. The molecule has 1 aliphatic rings. The number of carbonyl (C=O) groups is 5. The van der Waals surface area contributed by atoms with Crippen molar-refractivity contribution in [3.63, 3.8) is 0 Å². The molecule has 11 heteroatoms. The molecular weight excluding hydrogens is 612 g/mol. The summed E-state index contributed by atoms with van der Waals surface area (Å²) in [5, 5.41) is 8.37. The number of nitrogens with zero attached hydrogens (tertiary/aromatic N) is 1. The number of allylic oxidation sites excluding steroid dienone is 2. The number of Topliss-reactive ketones (excluding diaryl/α,β-unsaturated/α-hetero) is 1. The number of ketones is 1. The predicted octanol–water partition coefficient (Wildman–Crippen LogP) is 4.71. The summed E-state index contributed by atoms with van der Waals surface area (Å²) in [6.45, 7) is 9.65. The van der Waals surface area contributed by atoms with Crippen molar-refractivity contribution in [1.82, 2.24) is 20.9 Å². The first-order valence-corrected chi connectivity index (χ1v) is 17.4. The minimum Gasteiger partial charge on any atom is -0.497 e. The predicted molar refractivity (Wildman–Crippen MR) is 186 cm³/mol. The Morgan fingerprint density at radius 3 is 2.35 bits per heavy atom. The lowest BCUT2D eigenvalue weighted by molar-refractivity contribution is -0.142. The SMILES string of the molecule is CCCC1CCCC/C=C/CC(C(=O)N(C)Cc2ccc(OC)cc2OC)CC(C(=O)C(=O)NC(C)C)NC(=O)C(CC(C)C)NC1=O. The number of nitrogens with one attached hydrogen (secondary N) is 3. The van der Waals surface area contributed by atoms with Gasteiger partial charge >= 0.3 is 0 Å². The smallest absolute Gasteiger partial charge is 0.289 e. The van der Waals surface area contributed by atoms with Gasteiger partial charge in [-0.3, -0.25) is 24.0 Å². The molecule has 4 atom stereocenters. The summed E-state index contributed by atoms with van der Waals surface area (Å²) in [6.07, 6.45) is 9.33. The van der Waals surface area contributed by atoms with Gasteiger partial charge in [0.25, 0.3) is 5.91 Å². The summed E-state index contributed by atoms with van der Waals surface area (Å²) in [4.78, 5) is 69.5. The molecule has 268 valence electrons. The van der Waals surface area contributed by atoms with E-state index in [0.29, 0.717) is 37.2 Å². The highest BCUT2D eigenvalue weighted by Gasteiger charge is 2.35. The highest BCUT2D eigenvalue weighted by atomic mass is 16.5. The number of ether oxygens (including phenoxy) is 2. The van der Waals surface area contributed by atoms with Crippen LogP contribution in [0, 0.1) is 17.8 Å². The molecule has 1 aliphatic heterocycles. The van der Waals surface area contributed by atoms with E-state index < -0.39 is 35.6 Å². The largest absolute Gasteiger partial charge is 0.497 e. The van der Waals surface area contributed by atoms with Crippen LogP contribution in [0.3, 0.4) is 0 Å². The first-order valence-electron chi connectivity index (χ1n) is 17.4. The lowest BCUT2D eigenvalue weighted by atomic mass is 9.90. The zero-order valence-corrected chi connectivity index (χ0v) is 30.2. The van der Waals surface area contributed by atoms with E-state index in [9.17, 15) is 24.0 Å². The van der Waals surface area contributed by atoms with Crippen LogP contribution in [0.1, 0.15) is 98.0 Å². The Hall–Kier alpha value is -3.89. The van der Waals surface area contributed by atoms with Gasteiger partial charge in [-0.2, -0.15) is 0 Å². The average Bonchev–Trinajstić information content (AvgIpc) is 3.04. The minimum atomic E-state index is -1.28. The van der Waals surface area contributed by atoms with Gasteiger partial charge in [-0.25, -0.2) is 0 Å². The zero-order chi connectivity index (χ0) is 35.8. The Balaban J connectivity index is 2.50. The standard InChI is InChI=1S/C37H58N4O7/c1-9-15-26-16-13-11-10-12-14-17-27(37(46)41(6)23-28-18-19-29(47-7)22-32(28)48-8)21-30(33(42)36(45)38-25(4)5)39-35(44)31(20-24(2)3)40-34(26)43/h12,14,18-19,22,24-27,30-31H,9-11,13,15-17,20-21,23H2,1-8H3,(H,38,45)(H,39,44)(H,40,43)/b14-12+. The Bertz CT molecular complexity index is 1260. The maximum absolute atomic E-state index is 14.1. The third kappa shape index (κ3) is 13.0. The third-order valence-electron chi connectivity index (χ3n) is 8.53. The molecule has 0 bridgehead atoms. The number of carbonyl (C=O) groups excluding carboxylic acids is 5. The van der Waals surface area contributed by atoms with Gasteiger partial charge < -0.3 is 30.3 Å². The van der Waals surface area contributed by atoms with Gasteiger partial charge in [0.1, 0.15) is 17.5 Å². The number of benzene rings is 1. The number of amides is 4. The molecule has 0 spiro atoms. The van der Waals surface area contributed by atoms with Crippen molar-refractivity contribution in [3.8, 4) is 11.5 Å². The van der Waals surface area contributed by atoms with Crippen LogP contribution in [0.5, 0.6) is 11.5 Å². The van der Waals surface area contributed by atoms with E-state index in [-0.39, 0.29) is 42.7 Å². The highest BCUT2D eigenvalue weighted by Crippen LogP contribution is 2.27. The van der Waals surface area contributed by atoms with E-state index in [1.807, 2.05) is 39.0 Å². The van der Waals surface area contributed by atoms with Crippen molar-refractivity contribution in [3.05, 3.63) is 35.9 Å². The molecule has 1 aromatic rings. The number of hydrogen-bond acceptors (Lipinski definition) is 7. The van der Waals surface area contributed by atoms with Crippen LogP contribution in [0.15, 0.2) is 30.4 Å². The molecule has 4 amide bonds. The van der Waals surface area contributed by atoms with Crippen molar-refractivity contribution in [1.29, 1.82) is 0 Å². The number of hydrogen-bond donors (Lipinski definition) is 3. The Morgan fingerprint density at radius 1 is 1.00 bits per heavy atom. The molecule has 48 heavy (non-hydrogen) atoms. The van der Waals surface area contributed by atoms with Crippen LogP contribution in [-0.4, -0.2) is 73.7 Å². The van der Waals surface area contributed by atoms with Crippen LogP contribution in [0.2, 0.25) is 0 Å². The number of methoxy groups -OCH3 is 2. The van der Waals surface area contributed by atoms with Gasteiger partial charge in [-0.05, 0) is 76.8 Å². The van der Waals surface area contributed by atoms with E-state index in [1.54, 1.807) is 52.1 Å². The van der Waals surface area contributed by atoms with Crippen LogP contribution in [-0.2, 0) is 30.5 Å². The molecule has 3 N–H and O–H groups in total. The minimum absolute atomic E-state index is 0.0673. The molecule has 0 saturated heterocycles. The Labute approximate surface area is 286 Å². The van der Waals surface area contributed by atoms with Crippen molar-refractivity contribution in [2.45, 2.75) is 117 Å². The van der Waals surface area contributed by atoms with Gasteiger partial charge in [0.05, 0.1) is 20.3 Å². The van der Waals surface area contributed by atoms with E-state index in [4.69, 9.17) is 9.47 Å². The molecule has 1 heterocycles. The van der Waals surface area contributed by atoms with Crippen molar-refractivity contribution < 1.29 is 33.4 Å². The van der Waals surface area contributed by atoms with Crippen LogP contribution in [0.25, 0.3) is 0 Å². The summed E-state index contributed by atoms with van der Waals surface area (Å²) in [7, 11) is 4.79. The molecule has 1 aromatic carbocycles. The van der Waals surface area contributed by atoms with E-state index in [1.165, 1.54) is 0 Å². The lowest BCUT2D eigenvalue weighted by Crippen LogP contribution is -2.56. The zero-order valence-electron chi connectivity index (χ0n) is 30.2. The van der Waals surface area contributed by atoms with Gasteiger partial charge in [-0.15, -0.1) is 0 Å². The van der Waals surface area contributed by atoms with Crippen LogP contribution in [0.4, 0.5) is 0 Å². The molecule has 0 radical (unpaired) electrons. The second-order valence-electron chi connectivity index (χ2n) is 13.5. The molecule has 11 nitrogen and oxygen atoms in total. The molecule has 0 saturated carbocycles. The summed E-state index contributed by atoms with van der Waals surface area (Å²) < 4.78 is 10.8. The summed E-state index contributed by atoms with van der Waals surface area (Å²) in [6, 6.07) is 2.88. The van der Waals surface area contributed by atoms with E-state index in [0.717, 1.165) is 31.2 Å². The fraction of sp³-hybridized carbons (Fsp3) is 0.649. The summed E-state index contributed by atoms with van der Waals surface area (Å²) in [5.41, 5.74) is 0.767. The normalized spacial score (nSPS) is 22.0. The van der Waals surface area contributed by atoms with Crippen LogP contribution < -0.4 is 25.4 Å². The topological polar surface area (TPSA) is 143 Å². The molecular formula is C37H58N4O7. The first-order chi connectivity index (χ1) is 22.8. The summed E-state index contributed by atoms with van der Waals surface area (Å²) >= 11 is 0. The lowest BCUT2D eigenvalue weighted by Gasteiger charge is -2.29. The number of rotatable bonds is 12. The first kappa shape index (κ1) is 40.3. The third-order valence-corrected chi connectivity index (χ3v) is 8.53. The average molecular weight is 671 g/mol. The fourth-order valence-corrected chi connectivity index (χ4v) is 5.98. The summed E-state index contributed by atoms with van der Waals surface area (Å²) in [5.74, 6) is -2.33. The van der Waals surface area contributed by atoms with Crippen LogP contribution >= 0.6 is 0 Å². The Morgan fingerprint density at radius 2 is 1.73 bits per heavy atom. The van der Waals surface area contributed by atoms with E-state index in [2.05, 4.69) is 16.0 Å². The van der Waals surface area contributed by atoms with Crippen molar-refractivity contribution in [2.24, 2.45) is 17.8 Å². The second kappa shape index (κ2) is 20.5.